The lowest BCUT2D eigenvalue weighted by Crippen LogP contribution is -2.49. The average molecular weight is 482 g/mol. The highest BCUT2D eigenvalue weighted by molar-refractivity contribution is 7.10. The highest BCUT2D eigenvalue weighted by atomic mass is 32.1. The zero-order valence-electron chi connectivity index (χ0n) is 20.1. The van der Waals surface area contributed by atoms with Crippen LogP contribution in [0.5, 0.6) is 0 Å². The fraction of sp³-hybridized carbons (Fsp3) is 0.267. The Labute approximate surface area is 211 Å². The van der Waals surface area contributed by atoms with E-state index in [1.165, 1.54) is 16.7 Å². The number of hydrogen-bond acceptors (Lipinski definition) is 5. The van der Waals surface area contributed by atoms with E-state index in [2.05, 4.69) is 107 Å². The zero-order valence-corrected chi connectivity index (χ0v) is 21.0. The van der Waals surface area contributed by atoms with E-state index < -0.39 is 0 Å². The van der Waals surface area contributed by atoms with E-state index in [0.717, 1.165) is 42.4 Å². The third-order valence-electron chi connectivity index (χ3n) is 6.65. The van der Waals surface area contributed by atoms with Crippen molar-refractivity contribution in [2.24, 2.45) is 0 Å². The molecule has 0 amide bonds. The van der Waals surface area contributed by atoms with Crippen molar-refractivity contribution < 1.29 is 4.79 Å². The minimum Gasteiger partial charge on any atom is -0.298 e. The van der Waals surface area contributed by atoms with Gasteiger partial charge in [-0.15, -0.1) is 11.3 Å². The molecule has 0 saturated carbocycles. The van der Waals surface area contributed by atoms with Gasteiger partial charge >= 0.3 is 0 Å². The summed E-state index contributed by atoms with van der Waals surface area (Å²) in [6.45, 7) is 6.25. The van der Waals surface area contributed by atoms with Crippen molar-refractivity contribution in [1.82, 2.24) is 14.8 Å². The monoisotopic (exact) mass is 481 g/mol. The predicted octanol–water partition coefficient (Wildman–Crippen LogP) is 5.64. The van der Waals surface area contributed by atoms with Gasteiger partial charge in [-0.25, -0.2) is 4.98 Å². The van der Waals surface area contributed by atoms with Gasteiger partial charge in [-0.3, -0.25) is 14.6 Å². The molecule has 0 unspecified atom stereocenters. The molecule has 0 spiro atoms. The highest BCUT2D eigenvalue weighted by Crippen LogP contribution is 2.29. The van der Waals surface area contributed by atoms with Gasteiger partial charge in [0.25, 0.3) is 0 Å². The van der Waals surface area contributed by atoms with Crippen LogP contribution >= 0.6 is 11.3 Å². The number of benzene rings is 3. The molecule has 2 heterocycles. The number of aryl methyl sites for hydroxylation is 1. The van der Waals surface area contributed by atoms with Gasteiger partial charge in [0.2, 0.25) is 0 Å². The largest absolute Gasteiger partial charge is 0.298 e. The van der Waals surface area contributed by atoms with Gasteiger partial charge in [-0.05, 0) is 18.1 Å². The summed E-state index contributed by atoms with van der Waals surface area (Å²) in [5.74, 6) is 0.242. The highest BCUT2D eigenvalue weighted by Gasteiger charge is 2.27. The lowest BCUT2D eigenvalue weighted by molar-refractivity contribution is -0.120. The standard InChI is InChI=1S/C30H31N3OS/c1-23-12-14-24(15-13-23)28-22-35-29(31-28)20-27(34)21-32-16-18-33(19-17-32)30(25-8-4-2-5-9-25)26-10-6-3-7-11-26/h2-15,22,30H,16-21H2,1H3. The molecule has 1 aliphatic rings. The average Bonchev–Trinajstić information content (AvgIpc) is 3.35. The minimum atomic E-state index is 0.241. The van der Waals surface area contributed by atoms with E-state index in [0.29, 0.717) is 13.0 Å². The van der Waals surface area contributed by atoms with Crippen molar-refractivity contribution >= 4 is 17.1 Å². The van der Waals surface area contributed by atoms with Crippen LogP contribution in [0.15, 0.2) is 90.3 Å². The van der Waals surface area contributed by atoms with Crippen LogP contribution in [0, 0.1) is 6.92 Å². The number of aromatic nitrogens is 1. The molecule has 0 aliphatic carbocycles. The molecule has 35 heavy (non-hydrogen) atoms. The van der Waals surface area contributed by atoms with E-state index in [4.69, 9.17) is 4.98 Å². The second-order valence-corrected chi connectivity index (χ2v) is 10.2. The van der Waals surface area contributed by atoms with Crippen LogP contribution in [0.25, 0.3) is 11.3 Å². The number of nitrogens with zero attached hydrogens (tertiary/aromatic N) is 3. The van der Waals surface area contributed by atoms with Gasteiger partial charge in [-0.2, -0.15) is 0 Å². The zero-order chi connectivity index (χ0) is 24.0. The van der Waals surface area contributed by atoms with Crippen LogP contribution in [0.2, 0.25) is 0 Å². The lowest BCUT2D eigenvalue weighted by atomic mass is 9.96. The number of carbonyl (C=O) groups is 1. The second kappa shape index (κ2) is 11.1. The molecule has 5 rings (SSSR count). The molecular weight excluding hydrogens is 450 g/mol. The van der Waals surface area contributed by atoms with Gasteiger partial charge in [0, 0.05) is 37.1 Å². The van der Waals surface area contributed by atoms with E-state index in [9.17, 15) is 4.79 Å². The SMILES string of the molecule is Cc1ccc(-c2csc(CC(=O)CN3CCN(C(c4ccccc4)c4ccccc4)CC3)n2)cc1. The Balaban J connectivity index is 1.17. The quantitative estimate of drug-likeness (QED) is 0.326. The molecule has 1 saturated heterocycles. The molecule has 1 aromatic heterocycles. The first-order chi connectivity index (χ1) is 17.2. The van der Waals surface area contributed by atoms with Crippen LogP contribution in [-0.4, -0.2) is 53.3 Å². The molecule has 178 valence electrons. The predicted molar refractivity (Wildman–Crippen MR) is 144 cm³/mol. The van der Waals surface area contributed by atoms with Crippen LogP contribution in [0.4, 0.5) is 0 Å². The van der Waals surface area contributed by atoms with Gasteiger partial charge in [0.05, 0.1) is 24.7 Å². The van der Waals surface area contributed by atoms with Gasteiger partial charge in [-0.1, -0.05) is 90.5 Å². The summed E-state index contributed by atoms with van der Waals surface area (Å²) >= 11 is 1.58. The molecule has 3 aromatic carbocycles. The second-order valence-electron chi connectivity index (χ2n) is 9.24. The van der Waals surface area contributed by atoms with E-state index in [-0.39, 0.29) is 11.8 Å². The van der Waals surface area contributed by atoms with Gasteiger partial charge < -0.3 is 0 Å². The van der Waals surface area contributed by atoms with Crippen LogP contribution < -0.4 is 0 Å². The fourth-order valence-electron chi connectivity index (χ4n) is 4.79. The van der Waals surface area contributed by atoms with E-state index in [1.54, 1.807) is 11.3 Å². The van der Waals surface area contributed by atoms with Crippen molar-refractivity contribution in [1.29, 1.82) is 0 Å². The maximum absolute atomic E-state index is 12.8. The molecule has 4 nitrogen and oxygen atoms in total. The summed E-state index contributed by atoms with van der Waals surface area (Å²) in [6, 6.07) is 30.1. The van der Waals surface area contributed by atoms with Gasteiger partial charge in [0.15, 0.2) is 5.78 Å². The topological polar surface area (TPSA) is 36.4 Å². The molecule has 0 atom stereocenters. The first-order valence-corrected chi connectivity index (χ1v) is 13.1. The number of ketones is 1. The van der Waals surface area contributed by atoms with Crippen LogP contribution in [-0.2, 0) is 11.2 Å². The van der Waals surface area contributed by atoms with E-state index >= 15 is 0 Å². The normalized spacial score (nSPS) is 14.9. The maximum atomic E-state index is 12.8. The molecule has 1 aliphatic heterocycles. The van der Waals surface area contributed by atoms with Crippen LogP contribution in [0.1, 0.15) is 27.7 Å². The lowest BCUT2D eigenvalue weighted by Gasteiger charge is -2.39. The number of carbonyl (C=O) groups excluding carboxylic acids is 1. The van der Waals surface area contributed by atoms with Crippen molar-refractivity contribution in [3.63, 3.8) is 0 Å². The Bertz CT molecular complexity index is 1190. The Morgan fingerprint density at radius 3 is 2.06 bits per heavy atom. The number of piperazine rings is 1. The van der Waals surface area contributed by atoms with Crippen molar-refractivity contribution in [2.75, 3.05) is 32.7 Å². The fourth-order valence-corrected chi connectivity index (χ4v) is 5.62. The molecule has 0 bridgehead atoms. The number of Topliss-reactive ketones (excluding diaryl/α,β-unsaturated/α-hetero) is 1. The van der Waals surface area contributed by atoms with Crippen molar-refractivity contribution in [2.45, 2.75) is 19.4 Å². The molecule has 1 fully saturated rings. The van der Waals surface area contributed by atoms with Crippen molar-refractivity contribution in [3.8, 4) is 11.3 Å². The first-order valence-electron chi connectivity index (χ1n) is 12.2. The smallest absolute Gasteiger partial charge is 0.153 e. The van der Waals surface area contributed by atoms with Crippen molar-refractivity contribution in [3.05, 3.63) is 112 Å². The Morgan fingerprint density at radius 1 is 0.857 bits per heavy atom. The summed E-state index contributed by atoms with van der Waals surface area (Å²) in [5.41, 5.74) is 5.93. The van der Waals surface area contributed by atoms with Crippen LogP contribution in [0.3, 0.4) is 0 Å². The Hall–Kier alpha value is -3.12. The third kappa shape index (κ3) is 5.93. The summed E-state index contributed by atoms with van der Waals surface area (Å²) in [4.78, 5) is 22.4. The molecule has 5 heteroatoms. The summed E-state index contributed by atoms with van der Waals surface area (Å²) in [6.07, 6.45) is 0.410. The molecule has 0 radical (unpaired) electrons. The Kier molecular flexibility index (Phi) is 7.48. The molecule has 0 N–H and O–H groups in total. The molecular formula is C30H31N3OS. The maximum Gasteiger partial charge on any atom is 0.153 e. The Morgan fingerprint density at radius 2 is 1.46 bits per heavy atom. The summed E-state index contributed by atoms with van der Waals surface area (Å²) < 4.78 is 0. The summed E-state index contributed by atoms with van der Waals surface area (Å²) in [5, 5.41) is 2.96. The first kappa shape index (κ1) is 23.6. The van der Waals surface area contributed by atoms with Gasteiger partial charge in [0.1, 0.15) is 5.01 Å². The number of hydrogen-bond donors (Lipinski definition) is 0. The number of thiazole rings is 1. The minimum absolute atomic E-state index is 0.241. The number of rotatable bonds is 8. The third-order valence-corrected chi connectivity index (χ3v) is 7.50. The molecule has 4 aromatic rings. The summed E-state index contributed by atoms with van der Waals surface area (Å²) in [7, 11) is 0. The van der Waals surface area contributed by atoms with E-state index in [1.807, 2.05) is 0 Å².